The first-order valence-electron chi connectivity index (χ1n) is 8.56. The fourth-order valence-electron chi connectivity index (χ4n) is 2.96. The average Bonchev–Trinajstić information content (AvgIpc) is 3.01. The SMILES string of the molecule is COC(=O)c1ccc(C)c(NC(=O)N[C@@H](C)c2ccc3c(c2)CC(=O)N3)c1. The minimum absolute atomic E-state index is 0.0264. The van der Waals surface area contributed by atoms with Gasteiger partial charge in [-0.1, -0.05) is 18.2 Å². The van der Waals surface area contributed by atoms with Crippen LogP contribution in [0.4, 0.5) is 16.2 Å². The third kappa shape index (κ3) is 4.08. The van der Waals surface area contributed by atoms with Crippen LogP contribution in [0.25, 0.3) is 0 Å². The van der Waals surface area contributed by atoms with Crippen LogP contribution in [0.3, 0.4) is 0 Å². The van der Waals surface area contributed by atoms with Gasteiger partial charge in [0, 0.05) is 11.4 Å². The molecule has 0 aromatic heterocycles. The number of methoxy groups -OCH3 is 1. The van der Waals surface area contributed by atoms with Gasteiger partial charge in [-0.05, 0) is 48.7 Å². The fraction of sp³-hybridized carbons (Fsp3) is 0.250. The number of carbonyl (C=O) groups excluding carboxylic acids is 3. The Morgan fingerprint density at radius 3 is 2.70 bits per heavy atom. The predicted octanol–water partition coefficient (Wildman–Crippen LogP) is 3.16. The number of esters is 1. The monoisotopic (exact) mass is 367 g/mol. The largest absolute Gasteiger partial charge is 0.465 e. The summed E-state index contributed by atoms with van der Waals surface area (Å²) in [4.78, 5) is 35.5. The van der Waals surface area contributed by atoms with Gasteiger partial charge in [0.15, 0.2) is 0 Å². The van der Waals surface area contributed by atoms with Crippen LogP contribution < -0.4 is 16.0 Å². The van der Waals surface area contributed by atoms with E-state index in [0.29, 0.717) is 17.7 Å². The third-order valence-corrected chi connectivity index (χ3v) is 4.51. The third-order valence-electron chi connectivity index (χ3n) is 4.51. The molecule has 0 saturated carbocycles. The van der Waals surface area contributed by atoms with Crippen molar-refractivity contribution in [2.75, 3.05) is 17.7 Å². The van der Waals surface area contributed by atoms with Crippen LogP contribution in [-0.4, -0.2) is 25.0 Å². The minimum atomic E-state index is -0.465. The van der Waals surface area contributed by atoms with E-state index in [4.69, 9.17) is 4.74 Å². The van der Waals surface area contributed by atoms with Crippen LogP contribution in [0.15, 0.2) is 36.4 Å². The fourth-order valence-corrected chi connectivity index (χ4v) is 2.96. The summed E-state index contributed by atoms with van der Waals surface area (Å²) in [6.45, 7) is 3.70. The lowest BCUT2D eigenvalue weighted by atomic mass is 10.0. The summed E-state index contributed by atoms with van der Waals surface area (Å²) in [6, 6.07) is 9.97. The van der Waals surface area contributed by atoms with Crippen molar-refractivity contribution in [2.45, 2.75) is 26.3 Å². The van der Waals surface area contributed by atoms with Crippen molar-refractivity contribution >= 4 is 29.3 Å². The number of hydrogen-bond donors (Lipinski definition) is 3. The summed E-state index contributed by atoms with van der Waals surface area (Å²) in [7, 11) is 1.31. The Bertz CT molecular complexity index is 923. The first-order chi connectivity index (χ1) is 12.9. The van der Waals surface area contributed by atoms with Gasteiger partial charge in [0.25, 0.3) is 0 Å². The van der Waals surface area contributed by atoms with Gasteiger partial charge in [0.05, 0.1) is 25.1 Å². The second-order valence-electron chi connectivity index (χ2n) is 6.48. The van der Waals surface area contributed by atoms with Crippen LogP contribution in [0.5, 0.6) is 0 Å². The molecule has 0 fully saturated rings. The molecule has 0 saturated heterocycles. The standard InChI is InChI=1S/C20H21N3O4/c1-11-4-5-14(19(25)27-3)9-17(11)23-20(26)21-12(2)13-6-7-16-15(8-13)10-18(24)22-16/h4-9,12H,10H2,1-3H3,(H,22,24)(H2,21,23,26)/t12-/m0/s1. The van der Waals surface area contributed by atoms with Crippen molar-refractivity contribution in [1.29, 1.82) is 0 Å². The van der Waals surface area contributed by atoms with Crippen LogP contribution in [-0.2, 0) is 16.0 Å². The molecule has 7 heteroatoms. The summed E-state index contributed by atoms with van der Waals surface area (Å²) < 4.78 is 4.71. The Morgan fingerprint density at radius 1 is 1.19 bits per heavy atom. The Hall–Kier alpha value is -3.35. The summed E-state index contributed by atoms with van der Waals surface area (Å²) in [5.74, 6) is -0.491. The van der Waals surface area contributed by atoms with Crippen LogP contribution in [0, 0.1) is 6.92 Å². The number of ether oxygens (including phenoxy) is 1. The van der Waals surface area contributed by atoms with Crippen molar-refractivity contribution in [1.82, 2.24) is 5.32 Å². The Balaban J connectivity index is 1.68. The molecule has 1 aliphatic heterocycles. The maximum Gasteiger partial charge on any atom is 0.337 e. The smallest absolute Gasteiger partial charge is 0.337 e. The molecule has 1 atom stereocenters. The number of hydrogen-bond acceptors (Lipinski definition) is 4. The number of amides is 3. The number of anilines is 2. The van der Waals surface area contributed by atoms with Crippen molar-refractivity contribution in [3.8, 4) is 0 Å². The zero-order chi connectivity index (χ0) is 19.6. The lowest BCUT2D eigenvalue weighted by molar-refractivity contribution is -0.115. The second kappa shape index (κ2) is 7.49. The van der Waals surface area contributed by atoms with Gasteiger partial charge in [-0.3, -0.25) is 4.79 Å². The van der Waals surface area contributed by atoms with E-state index in [1.54, 1.807) is 18.2 Å². The maximum absolute atomic E-state index is 12.4. The molecule has 140 valence electrons. The lowest BCUT2D eigenvalue weighted by Gasteiger charge is -2.17. The number of fused-ring (bicyclic) bond motifs is 1. The number of nitrogens with one attached hydrogen (secondary N) is 3. The van der Waals surface area contributed by atoms with E-state index in [1.165, 1.54) is 7.11 Å². The van der Waals surface area contributed by atoms with Crippen LogP contribution in [0.1, 0.15) is 40.0 Å². The molecule has 27 heavy (non-hydrogen) atoms. The molecular weight excluding hydrogens is 346 g/mol. The normalized spacial score (nSPS) is 13.4. The highest BCUT2D eigenvalue weighted by molar-refractivity contribution is 5.99. The van der Waals surface area contributed by atoms with Gasteiger partial charge in [-0.15, -0.1) is 0 Å². The van der Waals surface area contributed by atoms with Gasteiger partial charge in [-0.2, -0.15) is 0 Å². The molecule has 0 unspecified atom stereocenters. The topological polar surface area (TPSA) is 96.5 Å². The summed E-state index contributed by atoms with van der Waals surface area (Å²) in [5, 5.41) is 8.42. The van der Waals surface area contributed by atoms with Crippen molar-refractivity contribution in [3.63, 3.8) is 0 Å². The lowest BCUT2D eigenvalue weighted by Crippen LogP contribution is -2.31. The van der Waals surface area contributed by atoms with E-state index in [9.17, 15) is 14.4 Å². The molecule has 7 nitrogen and oxygen atoms in total. The number of carbonyl (C=O) groups is 3. The molecule has 2 aromatic carbocycles. The molecule has 0 bridgehead atoms. The van der Waals surface area contributed by atoms with E-state index >= 15 is 0 Å². The zero-order valence-electron chi connectivity index (χ0n) is 15.4. The second-order valence-corrected chi connectivity index (χ2v) is 6.48. The minimum Gasteiger partial charge on any atom is -0.465 e. The molecule has 1 heterocycles. The molecule has 2 aromatic rings. The molecule has 1 aliphatic rings. The van der Waals surface area contributed by atoms with Gasteiger partial charge in [-0.25, -0.2) is 9.59 Å². The summed E-state index contributed by atoms with van der Waals surface area (Å²) in [6.07, 6.45) is 0.349. The molecular formula is C20H21N3O4. The molecule has 0 spiro atoms. The summed E-state index contributed by atoms with van der Waals surface area (Å²) >= 11 is 0. The Kier molecular flexibility index (Phi) is 5.12. The highest BCUT2D eigenvalue weighted by atomic mass is 16.5. The molecule has 3 amide bonds. The highest BCUT2D eigenvalue weighted by Gasteiger charge is 2.19. The maximum atomic E-state index is 12.4. The molecule has 3 rings (SSSR count). The average molecular weight is 367 g/mol. The summed E-state index contributed by atoms with van der Waals surface area (Å²) in [5.41, 5.74) is 4.37. The van der Waals surface area contributed by atoms with E-state index in [-0.39, 0.29) is 18.0 Å². The van der Waals surface area contributed by atoms with Gasteiger partial charge >= 0.3 is 12.0 Å². The van der Waals surface area contributed by atoms with Gasteiger partial charge in [0.1, 0.15) is 0 Å². The number of benzene rings is 2. The van der Waals surface area contributed by atoms with Crippen molar-refractivity contribution in [3.05, 3.63) is 58.7 Å². The van der Waals surface area contributed by atoms with E-state index in [0.717, 1.165) is 22.4 Å². The number of aryl methyl sites for hydroxylation is 1. The zero-order valence-corrected chi connectivity index (χ0v) is 15.4. The molecule has 3 N–H and O–H groups in total. The van der Waals surface area contributed by atoms with Gasteiger partial charge in [0.2, 0.25) is 5.91 Å². The first kappa shape index (κ1) is 18.4. The number of urea groups is 1. The van der Waals surface area contributed by atoms with Crippen LogP contribution in [0.2, 0.25) is 0 Å². The molecule has 0 radical (unpaired) electrons. The van der Waals surface area contributed by atoms with Gasteiger partial charge < -0.3 is 20.7 Å². The predicted molar refractivity (Wildman–Crippen MR) is 102 cm³/mol. The Labute approximate surface area is 157 Å². The van der Waals surface area contributed by atoms with E-state index in [2.05, 4.69) is 16.0 Å². The van der Waals surface area contributed by atoms with E-state index in [1.807, 2.05) is 32.0 Å². The highest BCUT2D eigenvalue weighted by Crippen LogP contribution is 2.26. The van der Waals surface area contributed by atoms with E-state index < -0.39 is 5.97 Å². The van der Waals surface area contributed by atoms with Crippen molar-refractivity contribution < 1.29 is 19.1 Å². The quantitative estimate of drug-likeness (QED) is 0.723. The first-order valence-corrected chi connectivity index (χ1v) is 8.56. The Morgan fingerprint density at radius 2 is 1.96 bits per heavy atom. The molecule has 0 aliphatic carbocycles. The van der Waals surface area contributed by atoms with Crippen molar-refractivity contribution in [2.24, 2.45) is 0 Å². The van der Waals surface area contributed by atoms with Crippen LogP contribution >= 0.6 is 0 Å². The number of rotatable bonds is 4.